The lowest BCUT2D eigenvalue weighted by molar-refractivity contribution is 0.0600. The third-order valence-corrected chi connectivity index (χ3v) is 3.28. The molecule has 0 amide bonds. The molecule has 0 aromatic heterocycles. The highest BCUT2D eigenvalue weighted by atomic mass is 16.5. The summed E-state index contributed by atoms with van der Waals surface area (Å²) in [6.45, 7) is 3.85. The van der Waals surface area contributed by atoms with Gasteiger partial charge in [-0.25, -0.2) is 4.79 Å². The van der Waals surface area contributed by atoms with Crippen LogP contribution in [0.4, 0.5) is 0 Å². The van der Waals surface area contributed by atoms with Gasteiger partial charge in [-0.05, 0) is 29.8 Å². The second kappa shape index (κ2) is 6.72. The van der Waals surface area contributed by atoms with E-state index >= 15 is 0 Å². The average Bonchev–Trinajstić information content (AvgIpc) is 2.60. The molecule has 0 saturated heterocycles. The third kappa shape index (κ3) is 3.23. The maximum Gasteiger partial charge on any atom is 0.337 e. The summed E-state index contributed by atoms with van der Waals surface area (Å²) in [5, 5.41) is 0. The Morgan fingerprint density at radius 1 is 0.818 bits per heavy atom. The highest BCUT2D eigenvalue weighted by Gasteiger charge is 2.13. The number of carbonyl (C=O) groups excluding carboxylic acids is 2. The standard InChI is InChI=1S/C18H16O4/c1-12(13-8-10-16(21-2)11-9-13)17(19)14-4-6-15(7-5-14)18(20)22-3/h4-11H,1H2,2-3H3. The SMILES string of the molecule is C=C(C(=O)c1ccc(C(=O)OC)cc1)c1ccc(OC)cc1. The number of ether oxygens (including phenoxy) is 2. The van der Waals surface area contributed by atoms with Crippen LogP contribution in [-0.2, 0) is 4.74 Å². The summed E-state index contributed by atoms with van der Waals surface area (Å²) in [5.41, 5.74) is 1.97. The Balaban J connectivity index is 2.19. The molecule has 112 valence electrons. The van der Waals surface area contributed by atoms with Gasteiger partial charge in [-0.15, -0.1) is 0 Å². The van der Waals surface area contributed by atoms with Crippen molar-refractivity contribution in [2.75, 3.05) is 14.2 Å². The number of esters is 1. The largest absolute Gasteiger partial charge is 0.497 e. The molecule has 2 aromatic rings. The zero-order valence-corrected chi connectivity index (χ0v) is 12.5. The fourth-order valence-electron chi connectivity index (χ4n) is 1.97. The monoisotopic (exact) mass is 296 g/mol. The topological polar surface area (TPSA) is 52.6 Å². The van der Waals surface area contributed by atoms with Crippen molar-refractivity contribution in [2.24, 2.45) is 0 Å². The Morgan fingerprint density at radius 2 is 1.32 bits per heavy atom. The number of methoxy groups -OCH3 is 2. The highest BCUT2D eigenvalue weighted by Crippen LogP contribution is 2.21. The fraction of sp³-hybridized carbons (Fsp3) is 0.111. The Hall–Kier alpha value is -2.88. The summed E-state index contributed by atoms with van der Waals surface area (Å²) < 4.78 is 9.70. The summed E-state index contributed by atoms with van der Waals surface area (Å²) in [6, 6.07) is 13.4. The fourth-order valence-corrected chi connectivity index (χ4v) is 1.97. The van der Waals surface area contributed by atoms with E-state index < -0.39 is 5.97 Å². The van der Waals surface area contributed by atoms with Crippen LogP contribution in [0.25, 0.3) is 5.57 Å². The number of hydrogen-bond donors (Lipinski definition) is 0. The quantitative estimate of drug-likeness (QED) is 0.482. The Labute approximate surface area is 129 Å². The van der Waals surface area contributed by atoms with Gasteiger partial charge in [0.15, 0.2) is 5.78 Å². The number of hydrogen-bond acceptors (Lipinski definition) is 4. The van der Waals surface area contributed by atoms with Crippen molar-refractivity contribution < 1.29 is 19.1 Å². The van der Waals surface area contributed by atoms with E-state index in [-0.39, 0.29) is 5.78 Å². The predicted octanol–water partition coefficient (Wildman–Crippen LogP) is 3.38. The van der Waals surface area contributed by atoms with Crippen molar-refractivity contribution in [3.8, 4) is 5.75 Å². The molecule has 0 spiro atoms. The van der Waals surface area contributed by atoms with Crippen molar-refractivity contribution in [3.63, 3.8) is 0 Å². The minimum Gasteiger partial charge on any atom is -0.497 e. The van der Waals surface area contributed by atoms with Gasteiger partial charge in [0.2, 0.25) is 0 Å². The van der Waals surface area contributed by atoms with Gasteiger partial charge < -0.3 is 9.47 Å². The number of rotatable bonds is 5. The molecule has 2 rings (SSSR count). The third-order valence-electron chi connectivity index (χ3n) is 3.28. The van der Waals surface area contributed by atoms with Crippen molar-refractivity contribution >= 4 is 17.3 Å². The first-order valence-electron chi connectivity index (χ1n) is 6.63. The van der Waals surface area contributed by atoms with Crippen LogP contribution in [0.5, 0.6) is 5.75 Å². The first kappa shape index (κ1) is 15.5. The van der Waals surface area contributed by atoms with Gasteiger partial charge in [0.1, 0.15) is 5.75 Å². The molecular formula is C18H16O4. The molecule has 0 saturated carbocycles. The summed E-state index contributed by atoms with van der Waals surface area (Å²) in [7, 11) is 2.89. The lowest BCUT2D eigenvalue weighted by atomic mass is 9.97. The van der Waals surface area contributed by atoms with E-state index in [9.17, 15) is 9.59 Å². The predicted molar refractivity (Wildman–Crippen MR) is 84.1 cm³/mol. The van der Waals surface area contributed by atoms with Crippen LogP contribution in [0.3, 0.4) is 0 Å². The molecule has 0 fully saturated rings. The van der Waals surface area contributed by atoms with Gasteiger partial charge >= 0.3 is 5.97 Å². The number of ketones is 1. The maximum absolute atomic E-state index is 12.4. The minimum atomic E-state index is -0.437. The van der Waals surface area contributed by atoms with Crippen molar-refractivity contribution in [1.29, 1.82) is 0 Å². The van der Waals surface area contributed by atoms with E-state index in [0.29, 0.717) is 22.4 Å². The maximum atomic E-state index is 12.4. The average molecular weight is 296 g/mol. The number of Topliss-reactive ketones (excluding diaryl/α,β-unsaturated/α-hetero) is 1. The van der Waals surface area contributed by atoms with Gasteiger partial charge in [-0.1, -0.05) is 30.8 Å². The molecule has 4 heteroatoms. The van der Waals surface area contributed by atoms with Crippen molar-refractivity contribution in [1.82, 2.24) is 0 Å². The molecule has 0 aliphatic heterocycles. The molecule has 0 aliphatic rings. The molecule has 0 bridgehead atoms. The summed E-state index contributed by atoms with van der Waals surface area (Å²) >= 11 is 0. The Morgan fingerprint density at radius 3 is 1.82 bits per heavy atom. The smallest absolute Gasteiger partial charge is 0.337 e. The van der Waals surface area contributed by atoms with E-state index in [1.54, 1.807) is 55.6 Å². The van der Waals surface area contributed by atoms with Crippen LogP contribution < -0.4 is 4.74 Å². The van der Waals surface area contributed by atoms with Crippen LogP contribution in [0, 0.1) is 0 Å². The second-order valence-electron chi connectivity index (χ2n) is 4.61. The summed E-state index contributed by atoms with van der Waals surface area (Å²) in [5.74, 6) is 0.0843. The first-order valence-corrected chi connectivity index (χ1v) is 6.63. The summed E-state index contributed by atoms with van der Waals surface area (Å²) in [6.07, 6.45) is 0. The number of carbonyl (C=O) groups is 2. The van der Waals surface area contributed by atoms with E-state index in [4.69, 9.17) is 4.74 Å². The number of benzene rings is 2. The molecule has 0 N–H and O–H groups in total. The number of allylic oxidation sites excluding steroid dienone is 1. The second-order valence-corrected chi connectivity index (χ2v) is 4.61. The minimum absolute atomic E-state index is 0.193. The molecule has 0 radical (unpaired) electrons. The lowest BCUT2D eigenvalue weighted by Gasteiger charge is -2.07. The first-order chi connectivity index (χ1) is 10.6. The zero-order valence-electron chi connectivity index (χ0n) is 12.5. The molecule has 0 heterocycles. The van der Waals surface area contributed by atoms with Gasteiger partial charge in [0.25, 0.3) is 0 Å². The molecular weight excluding hydrogens is 280 g/mol. The van der Waals surface area contributed by atoms with Crippen LogP contribution in [-0.4, -0.2) is 26.0 Å². The molecule has 22 heavy (non-hydrogen) atoms. The molecule has 0 atom stereocenters. The van der Waals surface area contributed by atoms with Gasteiger partial charge in [-0.2, -0.15) is 0 Å². The van der Waals surface area contributed by atoms with E-state index in [0.717, 1.165) is 5.56 Å². The molecule has 2 aromatic carbocycles. The lowest BCUT2D eigenvalue weighted by Crippen LogP contribution is -2.04. The zero-order chi connectivity index (χ0) is 16.1. The molecule has 0 aliphatic carbocycles. The van der Waals surface area contributed by atoms with Crippen molar-refractivity contribution in [3.05, 3.63) is 71.8 Å². The van der Waals surface area contributed by atoms with Crippen LogP contribution >= 0.6 is 0 Å². The van der Waals surface area contributed by atoms with E-state index in [2.05, 4.69) is 11.3 Å². The van der Waals surface area contributed by atoms with Crippen LogP contribution in [0.2, 0.25) is 0 Å². The van der Waals surface area contributed by atoms with Crippen LogP contribution in [0.15, 0.2) is 55.1 Å². The Kier molecular flexibility index (Phi) is 4.73. The molecule has 4 nitrogen and oxygen atoms in total. The van der Waals surface area contributed by atoms with E-state index in [1.165, 1.54) is 7.11 Å². The van der Waals surface area contributed by atoms with E-state index in [1.807, 2.05) is 0 Å². The van der Waals surface area contributed by atoms with Gasteiger partial charge in [-0.3, -0.25) is 4.79 Å². The van der Waals surface area contributed by atoms with Crippen LogP contribution in [0.1, 0.15) is 26.3 Å². The van der Waals surface area contributed by atoms with Gasteiger partial charge in [0, 0.05) is 11.1 Å². The van der Waals surface area contributed by atoms with Crippen molar-refractivity contribution in [2.45, 2.75) is 0 Å². The Bertz CT molecular complexity index is 697. The van der Waals surface area contributed by atoms with Gasteiger partial charge in [0.05, 0.1) is 19.8 Å². The highest BCUT2D eigenvalue weighted by molar-refractivity contribution is 6.28. The normalized spacial score (nSPS) is 9.91. The summed E-state index contributed by atoms with van der Waals surface area (Å²) in [4.78, 5) is 23.8. The molecule has 0 unspecified atom stereocenters.